The lowest BCUT2D eigenvalue weighted by Crippen LogP contribution is -2.36. The summed E-state index contributed by atoms with van der Waals surface area (Å²) in [6, 6.07) is 27.2. The van der Waals surface area contributed by atoms with Gasteiger partial charge in [0.15, 0.2) is 11.5 Å². The second-order valence-corrected chi connectivity index (χ2v) is 11.6. The lowest BCUT2D eigenvalue weighted by atomic mass is 10.1. The van der Waals surface area contributed by atoms with Crippen LogP contribution in [0.1, 0.15) is 18.1 Å². The predicted molar refractivity (Wildman–Crippen MR) is 177 cm³/mol. The topological polar surface area (TPSA) is 97.4 Å². The molecular weight excluding hydrogens is 590 g/mol. The maximum atomic E-state index is 13.1. The van der Waals surface area contributed by atoms with Crippen molar-refractivity contribution >= 4 is 57.0 Å². The zero-order valence-electron chi connectivity index (χ0n) is 24.9. The van der Waals surface area contributed by atoms with Crippen LogP contribution in [0.15, 0.2) is 89.8 Å². The zero-order chi connectivity index (χ0) is 31.2. The number of nitrogens with one attached hydrogen (secondary N) is 1. The van der Waals surface area contributed by atoms with Crippen LogP contribution in [0.4, 0.5) is 16.2 Å². The quantitative estimate of drug-likeness (QED) is 0.205. The molecule has 2 aliphatic heterocycles. The van der Waals surface area contributed by atoms with E-state index in [4.69, 9.17) is 14.2 Å². The second-order valence-electron chi connectivity index (χ2n) is 10.6. The molecule has 4 aromatic rings. The van der Waals surface area contributed by atoms with Gasteiger partial charge in [-0.25, -0.2) is 0 Å². The van der Waals surface area contributed by atoms with Gasteiger partial charge in [0.25, 0.3) is 11.1 Å². The summed E-state index contributed by atoms with van der Waals surface area (Å²) in [5, 5.41) is 4.59. The fourth-order valence-electron chi connectivity index (χ4n) is 5.20. The highest BCUT2D eigenvalue weighted by atomic mass is 32.2. The van der Waals surface area contributed by atoms with E-state index in [-0.39, 0.29) is 11.4 Å². The molecule has 0 aromatic heterocycles. The number of hydrogen-bond acceptors (Lipinski definition) is 8. The molecule has 0 saturated carbocycles. The van der Waals surface area contributed by atoms with Crippen LogP contribution in [-0.2, 0) is 20.9 Å². The molecule has 10 heteroatoms. The maximum absolute atomic E-state index is 13.1. The Labute approximate surface area is 265 Å². The highest BCUT2D eigenvalue weighted by Gasteiger charge is 2.36. The van der Waals surface area contributed by atoms with Gasteiger partial charge in [0.1, 0.15) is 13.2 Å². The van der Waals surface area contributed by atoms with Crippen LogP contribution in [0.2, 0.25) is 0 Å². The van der Waals surface area contributed by atoms with Gasteiger partial charge < -0.3 is 24.4 Å². The lowest BCUT2D eigenvalue weighted by Gasteiger charge is -2.28. The van der Waals surface area contributed by atoms with E-state index in [1.165, 1.54) is 5.39 Å². The summed E-state index contributed by atoms with van der Waals surface area (Å²) in [5.74, 6) is 0.136. The van der Waals surface area contributed by atoms with Gasteiger partial charge in [0.05, 0.1) is 24.7 Å². The van der Waals surface area contributed by atoms with Crippen molar-refractivity contribution in [3.8, 4) is 11.5 Å². The van der Waals surface area contributed by atoms with Gasteiger partial charge >= 0.3 is 0 Å². The number of benzene rings is 4. The van der Waals surface area contributed by atoms with E-state index in [2.05, 4.69) is 34.5 Å². The summed E-state index contributed by atoms with van der Waals surface area (Å²) in [5.41, 5.74) is 3.34. The lowest BCUT2D eigenvalue weighted by molar-refractivity contribution is -0.127. The van der Waals surface area contributed by atoms with Crippen molar-refractivity contribution in [2.75, 3.05) is 49.7 Å². The van der Waals surface area contributed by atoms with Gasteiger partial charge in [-0.3, -0.25) is 19.3 Å². The molecular formula is C35H33N3O6S. The average Bonchev–Trinajstić information content (AvgIpc) is 3.32. The molecule has 230 valence electrons. The number of rotatable bonds is 10. The van der Waals surface area contributed by atoms with Crippen LogP contribution in [0.5, 0.6) is 11.5 Å². The number of thioether (sulfide) groups is 1. The van der Waals surface area contributed by atoms with E-state index in [0.29, 0.717) is 49.2 Å². The Bertz CT molecular complexity index is 1750. The van der Waals surface area contributed by atoms with Crippen LogP contribution in [0.25, 0.3) is 16.8 Å². The number of imide groups is 1. The number of carbonyl (C=O) groups is 3. The molecule has 4 aromatic carbocycles. The van der Waals surface area contributed by atoms with Crippen molar-refractivity contribution in [1.29, 1.82) is 0 Å². The second kappa shape index (κ2) is 13.9. The van der Waals surface area contributed by atoms with Crippen molar-refractivity contribution < 1.29 is 28.6 Å². The molecule has 0 unspecified atom stereocenters. The molecule has 1 N–H and O–H groups in total. The van der Waals surface area contributed by atoms with Crippen molar-refractivity contribution in [2.45, 2.75) is 13.5 Å². The predicted octanol–water partition coefficient (Wildman–Crippen LogP) is 6.33. The first-order valence-corrected chi connectivity index (χ1v) is 15.6. The Hall–Kier alpha value is -4.80. The normalized spacial score (nSPS) is 16.0. The van der Waals surface area contributed by atoms with E-state index < -0.39 is 17.1 Å². The molecule has 9 nitrogen and oxygen atoms in total. The fourth-order valence-corrected chi connectivity index (χ4v) is 6.04. The van der Waals surface area contributed by atoms with Gasteiger partial charge in [0.2, 0.25) is 5.91 Å². The Balaban J connectivity index is 1.08. The Kier molecular flexibility index (Phi) is 9.33. The summed E-state index contributed by atoms with van der Waals surface area (Å²) >= 11 is 0.805. The van der Waals surface area contributed by atoms with Crippen LogP contribution in [-0.4, -0.2) is 61.4 Å². The molecule has 2 saturated heterocycles. The first-order valence-electron chi connectivity index (χ1n) is 14.8. The number of morpholine rings is 1. The minimum absolute atomic E-state index is 0.231. The zero-order valence-corrected chi connectivity index (χ0v) is 25.7. The minimum Gasteiger partial charge on any atom is -0.490 e. The third-order valence-electron chi connectivity index (χ3n) is 7.48. The van der Waals surface area contributed by atoms with Crippen LogP contribution in [0, 0.1) is 0 Å². The first-order chi connectivity index (χ1) is 22.0. The van der Waals surface area contributed by atoms with E-state index in [1.807, 2.05) is 49.4 Å². The monoisotopic (exact) mass is 623 g/mol. The number of amides is 3. The average molecular weight is 624 g/mol. The molecule has 2 aliphatic rings. The van der Waals surface area contributed by atoms with E-state index >= 15 is 0 Å². The third kappa shape index (κ3) is 7.30. The maximum Gasteiger partial charge on any atom is 0.294 e. The molecule has 2 fully saturated rings. The van der Waals surface area contributed by atoms with E-state index in [0.717, 1.165) is 46.4 Å². The molecule has 0 atom stereocenters. The summed E-state index contributed by atoms with van der Waals surface area (Å²) < 4.78 is 17.3. The van der Waals surface area contributed by atoms with Crippen LogP contribution >= 0.6 is 11.8 Å². The standard InChI is InChI=1S/C35H33N3O6S/c1-2-43-31-20-24(8-14-30(31)44-23-25-7-9-26-5-3-4-6-27(26)19-25)21-32-34(40)38(35(41)45-32)22-33(39)36-28-10-12-29(13-11-28)37-15-17-42-18-16-37/h3-14,19-21H,2,15-18,22-23H2,1H3,(H,36,39)/b32-21+. The molecule has 3 amide bonds. The fraction of sp³-hybridized carbons (Fsp3) is 0.229. The molecule has 0 bridgehead atoms. The minimum atomic E-state index is -0.516. The number of hydrogen-bond donors (Lipinski definition) is 1. The molecule has 0 radical (unpaired) electrons. The molecule has 0 aliphatic carbocycles. The SMILES string of the molecule is CCOc1cc(/C=C2/SC(=O)N(CC(=O)Nc3ccc(N4CCOCC4)cc3)C2=O)ccc1OCc1ccc2ccccc2c1. The van der Waals surface area contributed by atoms with Crippen LogP contribution in [0.3, 0.4) is 0 Å². The first kappa shape index (κ1) is 30.2. The number of anilines is 2. The van der Waals surface area contributed by atoms with E-state index in [9.17, 15) is 14.4 Å². The van der Waals surface area contributed by atoms with Crippen LogP contribution < -0.4 is 19.7 Å². The highest BCUT2D eigenvalue weighted by Crippen LogP contribution is 2.35. The summed E-state index contributed by atoms with van der Waals surface area (Å²) in [6.07, 6.45) is 1.63. The Morgan fingerprint density at radius 2 is 1.69 bits per heavy atom. The number of fused-ring (bicyclic) bond motifs is 1. The van der Waals surface area contributed by atoms with Crippen molar-refractivity contribution in [3.63, 3.8) is 0 Å². The van der Waals surface area contributed by atoms with Gasteiger partial charge in [0, 0.05) is 24.5 Å². The Morgan fingerprint density at radius 1 is 0.911 bits per heavy atom. The summed E-state index contributed by atoms with van der Waals surface area (Å²) in [6.45, 7) is 5.30. The van der Waals surface area contributed by atoms with E-state index in [1.54, 1.807) is 24.3 Å². The number of nitrogens with zero attached hydrogens (tertiary/aromatic N) is 2. The largest absolute Gasteiger partial charge is 0.490 e. The molecule has 2 heterocycles. The van der Waals surface area contributed by atoms with Gasteiger partial charge in [-0.05, 0) is 89.1 Å². The number of ether oxygens (including phenoxy) is 3. The molecule has 45 heavy (non-hydrogen) atoms. The van der Waals surface area contributed by atoms with Crippen molar-refractivity contribution in [2.24, 2.45) is 0 Å². The summed E-state index contributed by atoms with van der Waals surface area (Å²) in [7, 11) is 0. The molecule has 6 rings (SSSR count). The summed E-state index contributed by atoms with van der Waals surface area (Å²) in [4.78, 5) is 42.0. The van der Waals surface area contributed by atoms with Gasteiger partial charge in [-0.15, -0.1) is 0 Å². The smallest absolute Gasteiger partial charge is 0.294 e. The third-order valence-corrected chi connectivity index (χ3v) is 8.38. The molecule has 0 spiro atoms. The Morgan fingerprint density at radius 3 is 2.47 bits per heavy atom. The van der Waals surface area contributed by atoms with Gasteiger partial charge in [-0.2, -0.15) is 0 Å². The van der Waals surface area contributed by atoms with Crippen molar-refractivity contribution in [3.05, 3.63) is 101 Å². The van der Waals surface area contributed by atoms with Crippen molar-refractivity contribution in [1.82, 2.24) is 4.90 Å². The number of carbonyl (C=O) groups excluding carboxylic acids is 3. The van der Waals surface area contributed by atoms with Gasteiger partial charge in [-0.1, -0.05) is 42.5 Å². The highest BCUT2D eigenvalue weighted by molar-refractivity contribution is 8.18.